The Balaban J connectivity index is 2.51. The van der Waals surface area contributed by atoms with Crippen molar-refractivity contribution in [3.8, 4) is 0 Å². The lowest BCUT2D eigenvalue weighted by molar-refractivity contribution is 0.0999. The van der Waals surface area contributed by atoms with E-state index in [9.17, 15) is 4.79 Å². The average Bonchev–Trinajstić information content (AvgIpc) is 2.70. The summed E-state index contributed by atoms with van der Waals surface area (Å²) in [6.07, 6.45) is 6.09. The minimum absolute atomic E-state index is 0.415. The standard InChI is InChI=1S/C10H9N3O/c11-10(14)7-3-1-6-13-9(7)8-4-2-5-12-8/h1,3-6H,2H2,(H2,11,14). The van der Waals surface area contributed by atoms with Crippen LogP contribution < -0.4 is 5.73 Å². The molecule has 0 atom stereocenters. The van der Waals surface area contributed by atoms with E-state index in [4.69, 9.17) is 5.73 Å². The Labute approximate surface area is 81.2 Å². The summed E-state index contributed by atoms with van der Waals surface area (Å²) in [6, 6.07) is 3.34. The fourth-order valence-corrected chi connectivity index (χ4v) is 1.33. The highest BCUT2D eigenvalue weighted by Gasteiger charge is 2.13. The van der Waals surface area contributed by atoms with Gasteiger partial charge in [-0.15, -0.1) is 0 Å². The summed E-state index contributed by atoms with van der Waals surface area (Å²) in [5.74, 6) is -0.476. The third kappa shape index (κ3) is 1.42. The number of amides is 1. The molecule has 14 heavy (non-hydrogen) atoms. The van der Waals surface area contributed by atoms with E-state index in [-0.39, 0.29) is 0 Å². The largest absolute Gasteiger partial charge is 0.366 e. The summed E-state index contributed by atoms with van der Waals surface area (Å²) in [5, 5.41) is 0. The van der Waals surface area contributed by atoms with Crippen molar-refractivity contribution in [2.24, 2.45) is 10.7 Å². The van der Waals surface area contributed by atoms with Gasteiger partial charge in [-0.2, -0.15) is 0 Å². The molecule has 70 valence electrons. The maximum absolute atomic E-state index is 11.1. The summed E-state index contributed by atoms with van der Waals surface area (Å²) < 4.78 is 0. The Bertz CT molecular complexity index is 435. The average molecular weight is 187 g/mol. The molecule has 1 aromatic rings. The second-order valence-electron chi connectivity index (χ2n) is 2.90. The van der Waals surface area contributed by atoms with E-state index in [0.29, 0.717) is 11.3 Å². The van der Waals surface area contributed by atoms with Crippen LogP contribution >= 0.6 is 0 Å². The minimum atomic E-state index is -0.476. The van der Waals surface area contributed by atoms with Gasteiger partial charge in [0.1, 0.15) is 5.69 Å². The van der Waals surface area contributed by atoms with Crippen molar-refractivity contribution < 1.29 is 4.79 Å². The molecule has 2 N–H and O–H groups in total. The molecular weight excluding hydrogens is 178 g/mol. The van der Waals surface area contributed by atoms with Gasteiger partial charge in [0, 0.05) is 18.8 Å². The van der Waals surface area contributed by atoms with Crippen LogP contribution in [0.5, 0.6) is 0 Å². The van der Waals surface area contributed by atoms with Gasteiger partial charge >= 0.3 is 0 Å². The molecule has 0 aliphatic carbocycles. The first-order valence-corrected chi connectivity index (χ1v) is 4.27. The Kier molecular flexibility index (Phi) is 2.10. The zero-order chi connectivity index (χ0) is 9.97. The lowest BCUT2D eigenvalue weighted by Crippen LogP contribution is -2.14. The molecule has 0 radical (unpaired) electrons. The lowest BCUT2D eigenvalue weighted by Gasteiger charge is -2.02. The van der Waals surface area contributed by atoms with Crippen LogP contribution in [0.25, 0.3) is 5.70 Å². The third-order valence-corrected chi connectivity index (χ3v) is 1.96. The number of hydrogen-bond donors (Lipinski definition) is 1. The Morgan fingerprint density at radius 2 is 2.36 bits per heavy atom. The first kappa shape index (κ1) is 8.62. The summed E-state index contributed by atoms with van der Waals surface area (Å²) >= 11 is 0. The van der Waals surface area contributed by atoms with Gasteiger partial charge in [-0.1, -0.05) is 6.08 Å². The number of rotatable bonds is 2. The van der Waals surface area contributed by atoms with Crippen molar-refractivity contribution in [1.82, 2.24) is 4.98 Å². The molecule has 0 fully saturated rings. The number of allylic oxidation sites excluding steroid dienone is 1. The molecule has 2 heterocycles. The fourth-order valence-electron chi connectivity index (χ4n) is 1.33. The van der Waals surface area contributed by atoms with E-state index in [2.05, 4.69) is 9.98 Å². The van der Waals surface area contributed by atoms with Crippen molar-refractivity contribution >= 4 is 17.8 Å². The monoisotopic (exact) mass is 187 g/mol. The van der Waals surface area contributed by atoms with Gasteiger partial charge in [0.15, 0.2) is 0 Å². The van der Waals surface area contributed by atoms with Gasteiger partial charge in [-0.05, 0) is 12.1 Å². The summed E-state index contributed by atoms with van der Waals surface area (Å²) in [5.41, 5.74) is 6.92. The predicted octanol–water partition coefficient (Wildman–Crippen LogP) is 0.996. The molecule has 0 saturated heterocycles. The maximum atomic E-state index is 11.1. The van der Waals surface area contributed by atoms with E-state index >= 15 is 0 Å². The highest BCUT2D eigenvalue weighted by Crippen LogP contribution is 2.20. The van der Waals surface area contributed by atoms with Crippen LogP contribution in [0.4, 0.5) is 0 Å². The van der Waals surface area contributed by atoms with E-state index in [1.54, 1.807) is 24.5 Å². The van der Waals surface area contributed by atoms with Crippen LogP contribution in [0, 0.1) is 0 Å². The SMILES string of the molecule is NC(=O)c1cccnc1C1=CCC=N1. The Morgan fingerprint density at radius 1 is 1.50 bits per heavy atom. The summed E-state index contributed by atoms with van der Waals surface area (Å²) in [7, 11) is 0. The molecule has 1 aliphatic rings. The number of aromatic nitrogens is 1. The van der Waals surface area contributed by atoms with E-state index in [1.807, 2.05) is 6.08 Å². The molecule has 0 aromatic carbocycles. The number of carbonyl (C=O) groups is 1. The van der Waals surface area contributed by atoms with Gasteiger partial charge in [0.05, 0.1) is 11.3 Å². The zero-order valence-electron chi connectivity index (χ0n) is 7.47. The van der Waals surface area contributed by atoms with Crippen molar-refractivity contribution in [2.45, 2.75) is 6.42 Å². The van der Waals surface area contributed by atoms with Crippen LogP contribution in [-0.2, 0) is 0 Å². The molecule has 4 nitrogen and oxygen atoms in total. The first-order valence-electron chi connectivity index (χ1n) is 4.27. The summed E-state index contributed by atoms with van der Waals surface area (Å²) in [6.45, 7) is 0. The molecule has 4 heteroatoms. The normalized spacial score (nSPS) is 14.1. The molecular formula is C10H9N3O. The van der Waals surface area contributed by atoms with Gasteiger partial charge in [0.2, 0.25) is 0 Å². The van der Waals surface area contributed by atoms with E-state index in [1.165, 1.54) is 0 Å². The van der Waals surface area contributed by atoms with E-state index < -0.39 is 5.91 Å². The fraction of sp³-hybridized carbons (Fsp3) is 0.100. The summed E-state index contributed by atoms with van der Waals surface area (Å²) in [4.78, 5) is 19.3. The molecule has 0 saturated carbocycles. The Hall–Kier alpha value is -1.97. The Morgan fingerprint density at radius 3 is 3.00 bits per heavy atom. The number of aliphatic imine (C=N–C) groups is 1. The van der Waals surface area contributed by atoms with Gasteiger partial charge in [0.25, 0.3) is 5.91 Å². The smallest absolute Gasteiger partial charge is 0.250 e. The van der Waals surface area contributed by atoms with E-state index in [0.717, 1.165) is 12.1 Å². The second kappa shape index (κ2) is 3.41. The number of carbonyl (C=O) groups excluding carboxylic acids is 1. The second-order valence-corrected chi connectivity index (χ2v) is 2.90. The molecule has 1 aromatic heterocycles. The molecule has 0 unspecified atom stereocenters. The topological polar surface area (TPSA) is 68.3 Å². The quantitative estimate of drug-likeness (QED) is 0.750. The molecule has 2 rings (SSSR count). The van der Waals surface area contributed by atoms with Crippen LogP contribution in [0.3, 0.4) is 0 Å². The van der Waals surface area contributed by atoms with Gasteiger partial charge in [-0.3, -0.25) is 14.8 Å². The maximum Gasteiger partial charge on any atom is 0.250 e. The number of hydrogen-bond acceptors (Lipinski definition) is 3. The third-order valence-electron chi connectivity index (χ3n) is 1.96. The number of nitrogens with zero attached hydrogens (tertiary/aromatic N) is 2. The van der Waals surface area contributed by atoms with Gasteiger partial charge in [-0.25, -0.2) is 0 Å². The number of nitrogens with two attached hydrogens (primary N) is 1. The van der Waals surface area contributed by atoms with Crippen LogP contribution in [-0.4, -0.2) is 17.1 Å². The highest BCUT2D eigenvalue weighted by molar-refractivity contribution is 5.98. The van der Waals surface area contributed by atoms with Crippen LogP contribution in [0.2, 0.25) is 0 Å². The minimum Gasteiger partial charge on any atom is -0.366 e. The predicted molar refractivity (Wildman–Crippen MR) is 53.8 cm³/mol. The van der Waals surface area contributed by atoms with Crippen LogP contribution in [0.1, 0.15) is 22.5 Å². The van der Waals surface area contributed by atoms with Crippen molar-refractivity contribution in [3.63, 3.8) is 0 Å². The zero-order valence-corrected chi connectivity index (χ0v) is 7.47. The van der Waals surface area contributed by atoms with Crippen molar-refractivity contribution in [1.29, 1.82) is 0 Å². The lowest BCUT2D eigenvalue weighted by atomic mass is 10.1. The van der Waals surface area contributed by atoms with Crippen molar-refractivity contribution in [2.75, 3.05) is 0 Å². The molecule has 0 spiro atoms. The molecule has 1 aliphatic heterocycles. The van der Waals surface area contributed by atoms with Crippen LogP contribution in [0.15, 0.2) is 29.4 Å². The first-order chi connectivity index (χ1) is 6.79. The molecule has 0 bridgehead atoms. The van der Waals surface area contributed by atoms with Crippen molar-refractivity contribution in [3.05, 3.63) is 35.7 Å². The highest BCUT2D eigenvalue weighted by atomic mass is 16.1. The number of pyridine rings is 1. The molecule has 1 amide bonds. The van der Waals surface area contributed by atoms with Gasteiger partial charge < -0.3 is 5.73 Å². The number of primary amides is 1.